The van der Waals surface area contributed by atoms with Crippen molar-refractivity contribution < 1.29 is 22.7 Å². The van der Waals surface area contributed by atoms with Gasteiger partial charge in [0.15, 0.2) is 0 Å². The number of hydrogen-bond acceptors (Lipinski definition) is 3. The molecule has 4 nitrogen and oxygen atoms in total. The molecule has 1 aromatic rings. The number of carbonyl (C=O) groups excluding carboxylic acids is 1. The lowest BCUT2D eigenvalue weighted by molar-refractivity contribution is -0.137. The molecule has 1 aliphatic carbocycles. The fraction of sp³-hybridized carbons (Fsp3) is 0.588. The van der Waals surface area contributed by atoms with Gasteiger partial charge in [-0.2, -0.15) is 13.2 Å². The van der Waals surface area contributed by atoms with E-state index < -0.39 is 11.7 Å². The van der Waals surface area contributed by atoms with Gasteiger partial charge < -0.3 is 15.0 Å². The zero-order chi connectivity index (χ0) is 17.7. The van der Waals surface area contributed by atoms with E-state index in [-0.39, 0.29) is 25.2 Å². The third-order valence-corrected chi connectivity index (χ3v) is 4.28. The molecule has 0 spiro atoms. The fourth-order valence-electron chi connectivity index (χ4n) is 2.88. The zero-order valence-corrected chi connectivity index (χ0v) is 13.9. The summed E-state index contributed by atoms with van der Waals surface area (Å²) in [4.78, 5) is 14.0. The number of ether oxygens (including phenoxy) is 1. The van der Waals surface area contributed by atoms with Crippen LogP contribution < -0.4 is 5.32 Å². The number of amides is 1. The minimum atomic E-state index is -4.34. The van der Waals surface area contributed by atoms with E-state index in [0.29, 0.717) is 11.6 Å². The molecule has 134 valence electrons. The minimum Gasteiger partial charge on any atom is -0.367 e. The second-order valence-corrected chi connectivity index (χ2v) is 6.38. The average molecular weight is 344 g/mol. The highest BCUT2D eigenvalue weighted by molar-refractivity contribution is 5.77. The van der Waals surface area contributed by atoms with Gasteiger partial charge in [0.1, 0.15) is 6.61 Å². The average Bonchev–Trinajstić information content (AvgIpc) is 2.95. The van der Waals surface area contributed by atoms with Crippen LogP contribution in [0.15, 0.2) is 24.3 Å². The number of halogens is 3. The number of carbonyl (C=O) groups is 1. The van der Waals surface area contributed by atoms with Crippen molar-refractivity contribution in [1.29, 1.82) is 0 Å². The first-order chi connectivity index (χ1) is 11.3. The fourth-order valence-corrected chi connectivity index (χ4v) is 2.88. The Balaban J connectivity index is 1.69. The van der Waals surface area contributed by atoms with Gasteiger partial charge in [-0.3, -0.25) is 4.79 Å². The Hall–Kier alpha value is -1.60. The molecular formula is C17H23F3N2O2. The lowest BCUT2D eigenvalue weighted by Gasteiger charge is -2.19. The molecule has 0 heterocycles. The molecule has 1 amide bonds. The van der Waals surface area contributed by atoms with Crippen molar-refractivity contribution in [2.45, 2.75) is 44.1 Å². The van der Waals surface area contributed by atoms with Gasteiger partial charge in [-0.25, -0.2) is 0 Å². The molecule has 0 bridgehead atoms. The summed E-state index contributed by atoms with van der Waals surface area (Å²) in [5.41, 5.74) is -0.0926. The second kappa shape index (κ2) is 7.98. The van der Waals surface area contributed by atoms with Crippen molar-refractivity contribution in [3.8, 4) is 0 Å². The summed E-state index contributed by atoms with van der Waals surface area (Å²) in [6.07, 6.45) is -1.40. The first-order valence-corrected chi connectivity index (χ1v) is 7.95. The number of alkyl halides is 3. The minimum absolute atomic E-state index is 0.0931. The van der Waals surface area contributed by atoms with Crippen LogP contribution in [-0.4, -0.2) is 43.6 Å². The summed E-state index contributed by atoms with van der Waals surface area (Å²) in [5, 5.41) is 2.94. The molecule has 0 saturated heterocycles. The van der Waals surface area contributed by atoms with Crippen LogP contribution in [0.3, 0.4) is 0 Å². The highest BCUT2D eigenvalue weighted by Gasteiger charge is 2.30. The summed E-state index contributed by atoms with van der Waals surface area (Å²) >= 11 is 0. The highest BCUT2D eigenvalue weighted by atomic mass is 19.4. The quantitative estimate of drug-likeness (QED) is 0.863. The topological polar surface area (TPSA) is 41.6 Å². The molecule has 0 aromatic heterocycles. The van der Waals surface area contributed by atoms with Crippen molar-refractivity contribution in [1.82, 2.24) is 10.2 Å². The molecule has 24 heavy (non-hydrogen) atoms. The Kier molecular flexibility index (Phi) is 6.23. The van der Waals surface area contributed by atoms with Crippen molar-refractivity contribution in [2.24, 2.45) is 0 Å². The van der Waals surface area contributed by atoms with Gasteiger partial charge in [0.25, 0.3) is 0 Å². The van der Waals surface area contributed by atoms with Crippen LogP contribution in [0.5, 0.6) is 0 Å². The SMILES string of the molecule is CN(C)[C@@H]1CC[C@H](NC(=O)COCc2ccc(C(F)(F)F)cc2)C1. The van der Waals surface area contributed by atoms with Crippen LogP contribution in [0.1, 0.15) is 30.4 Å². The van der Waals surface area contributed by atoms with Crippen molar-refractivity contribution in [3.63, 3.8) is 0 Å². The molecule has 2 atom stereocenters. The van der Waals surface area contributed by atoms with Gasteiger partial charge in [-0.05, 0) is 51.1 Å². The molecule has 1 aliphatic rings. The number of hydrogen-bond donors (Lipinski definition) is 1. The van der Waals surface area contributed by atoms with Crippen LogP contribution in [0, 0.1) is 0 Å². The Labute approximate surface area is 140 Å². The molecule has 2 rings (SSSR count). The second-order valence-electron chi connectivity index (χ2n) is 6.38. The third kappa shape index (κ3) is 5.49. The maximum atomic E-state index is 12.5. The van der Waals surface area contributed by atoms with E-state index in [2.05, 4.69) is 10.2 Å². The number of benzene rings is 1. The van der Waals surface area contributed by atoms with Gasteiger partial charge in [0.2, 0.25) is 5.91 Å². The summed E-state index contributed by atoms with van der Waals surface area (Å²) in [6, 6.07) is 5.40. The number of rotatable bonds is 6. The summed E-state index contributed by atoms with van der Waals surface area (Å²) in [6.45, 7) is 0.0146. The smallest absolute Gasteiger partial charge is 0.367 e. The lowest BCUT2D eigenvalue weighted by atomic mass is 10.1. The Bertz CT molecular complexity index is 544. The number of nitrogens with zero attached hydrogens (tertiary/aromatic N) is 1. The van der Waals surface area contributed by atoms with E-state index in [1.165, 1.54) is 12.1 Å². The van der Waals surface area contributed by atoms with Crippen LogP contribution in [0.25, 0.3) is 0 Å². The molecule has 7 heteroatoms. The zero-order valence-electron chi connectivity index (χ0n) is 13.9. The summed E-state index contributed by atoms with van der Waals surface area (Å²) < 4.78 is 42.7. The summed E-state index contributed by atoms with van der Waals surface area (Å²) in [7, 11) is 4.06. The molecule has 0 aliphatic heterocycles. The predicted molar refractivity (Wildman–Crippen MR) is 84.4 cm³/mol. The standard InChI is InChI=1S/C17H23F3N2O2/c1-22(2)15-8-7-14(9-15)21-16(23)11-24-10-12-3-5-13(6-4-12)17(18,19)20/h3-6,14-15H,7-11H2,1-2H3,(H,21,23)/t14-,15+/m0/s1. The highest BCUT2D eigenvalue weighted by Crippen LogP contribution is 2.29. The molecular weight excluding hydrogens is 321 g/mol. The molecule has 0 unspecified atom stereocenters. The van der Waals surface area contributed by atoms with E-state index in [1.807, 2.05) is 14.1 Å². The van der Waals surface area contributed by atoms with Gasteiger partial charge in [-0.1, -0.05) is 12.1 Å². The monoisotopic (exact) mass is 344 g/mol. The summed E-state index contributed by atoms with van der Waals surface area (Å²) in [5.74, 6) is -0.189. The van der Waals surface area contributed by atoms with Gasteiger partial charge in [0, 0.05) is 12.1 Å². The molecule has 1 saturated carbocycles. The van der Waals surface area contributed by atoms with E-state index >= 15 is 0 Å². The molecule has 0 radical (unpaired) electrons. The van der Waals surface area contributed by atoms with Crippen LogP contribution in [0.2, 0.25) is 0 Å². The Morgan fingerprint density at radius 1 is 1.25 bits per heavy atom. The Morgan fingerprint density at radius 3 is 2.46 bits per heavy atom. The lowest BCUT2D eigenvalue weighted by Crippen LogP contribution is -2.37. The van der Waals surface area contributed by atoms with Crippen molar-refractivity contribution in [2.75, 3.05) is 20.7 Å². The van der Waals surface area contributed by atoms with Crippen LogP contribution in [0.4, 0.5) is 13.2 Å². The van der Waals surface area contributed by atoms with E-state index in [0.717, 1.165) is 31.4 Å². The molecule has 1 N–H and O–H groups in total. The molecule has 1 aromatic carbocycles. The first kappa shape index (κ1) is 18.7. The molecule has 1 fully saturated rings. The van der Waals surface area contributed by atoms with E-state index in [1.54, 1.807) is 0 Å². The van der Waals surface area contributed by atoms with Gasteiger partial charge in [-0.15, -0.1) is 0 Å². The Morgan fingerprint density at radius 2 is 1.92 bits per heavy atom. The van der Waals surface area contributed by atoms with Gasteiger partial charge >= 0.3 is 6.18 Å². The third-order valence-electron chi connectivity index (χ3n) is 4.28. The first-order valence-electron chi connectivity index (χ1n) is 7.95. The van der Waals surface area contributed by atoms with E-state index in [4.69, 9.17) is 4.74 Å². The maximum absolute atomic E-state index is 12.5. The predicted octanol–water partition coefficient (Wildman–Crippen LogP) is 2.82. The van der Waals surface area contributed by atoms with Crippen molar-refractivity contribution >= 4 is 5.91 Å². The van der Waals surface area contributed by atoms with E-state index in [9.17, 15) is 18.0 Å². The normalized spacial score (nSPS) is 21.2. The van der Waals surface area contributed by atoms with Crippen molar-refractivity contribution in [3.05, 3.63) is 35.4 Å². The van der Waals surface area contributed by atoms with Crippen LogP contribution >= 0.6 is 0 Å². The number of nitrogens with one attached hydrogen (secondary N) is 1. The van der Waals surface area contributed by atoms with Gasteiger partial charge in [0.05, 0.1) is 12.2 Å². The van der Waals surface area contributed by atoms with Crippen LogP contribution in [-0.2, 0) is 22.3 Å². The maximum Gasteiger partial charge on any atom is 0.416 e. The largest absolute Gasteiger partial charge is 0.416 e.